The van der Waals surface area contributed by atoms with Crippen LogP contribution in [0, 0.1) is 0 Å². The highest BCUT2D eigenvalue weighted by Crippen LogP contribution is 2.16. The summed E-state index contributed by atoms with van der Waals surface area (Å²) in [5.74, 6) is 0.403. The maximum Gasteiger partial charge on any atom is 0.251 e. The van der Waals surface area contributed by atoms with Crippen LogP contribution in [0.25, 0.3) is 0 Å². The van der Waals surface area contributed by atoms with Gasteiger partial charge in [0.25, 0.3) is 5.91 Å². The zero-order chi connectivity index (χ0) is 22.3. The highest BCUT2D eigenvalue weighted by atomic mass is 35.5. The Hall–Kier alpha value is -2.87. The summed E-state index contributed by atoms with van der Waals surface area (Å²) < 4.78 is 32.4. The summed E-state index contributed by atoms with van der Waals surface area (Å²) in [7, 11) is -2.12. The molecule has 1 amide bonds. The first-order chi connectivity index (χ1) is 14.9. The third-order valence-electron chi connectivity index (χ3n) is 4.66. The molecule has 0 saturated carbocycles. The molecule has 8 heteroatoms. The van der Waals surface area contributed by atoms with Crippen LogP contribution in [0.2, 0.25) is 5.02 Å². The number of amides is 1. The average molecular weight is 459 g/mol. The van der Waals surface area contributed by atoms with Gasteiger partial charge in [-0.15, -0.1) is 0 Å². The van der Waals surface area contributed by atoms with E-state index in [1.54, 1.807) is 36.4 Å². The van der Waals surface area contributed by atoms with Crippen LogP contribution in [-0.4, -0.2) is 28.0 Å². The van der Waals surface area contributed by atoms with Gasteiger partial charge in [0.05, 0.1) is 12.0 Å². The summed E-state index contributed by atoms with van der Waals surface area (Å²) in [6.07, 6.45) is 0.703. The fourth-order valence-corrected chi connectivity index (χ4v) is 4.01. The lowest BCUT2D eigenvalue weighted by Crippen LogP contribution is -2.26. The number of benzene rings is 3. The van der Waals surface area contributed by atoms with E-state index in [1.165, 1.54) is 19.2 Å². The number of sulfonamides is 1. The van der Waals surface area contributed by atoms with Crippen molar-refractivity contribution >= 4 is 27.5 Å². The molecule has 0 aliphatic carbocycles. The van der Waals surface area contributed by atoms with Crippen molar-refractivity contribution in [3.8, 4) is 5.75 Å². The molecule has 0 heterocycles. The van der Waals surface area contributed by atoms with Gasteiger partial charge in [-0.25, -0.2) is 13.1 Å². The number of rotatable bonds is 9. The summed E-state index contributed by atoms with van der Waals surface area (Å²) in [5.41, 5.74) is 2.34. The van der Waals surface area contributed by atoms with Crippen molar-refractivity contribution < 1.29 is 17.9 Å². The maximum atomic E-state index is 12.4. The van der Waals surface area contributed by atoms with Crippen LogP contribution in [0.5, 0.6) is 5.75 Å². The van der Waals surface area contributed by atoms with Crippen molar-refractivity contribution in [2.45, 2.75) is 17.9 Å². The number of hydrogen-bond donors (Lipinski definition) is 2. The van der Waals surface area contributed by atoms with Crippen molar-refractivity contribution in [1.82, 2.24) is 10.0 Å². The number of ether oxygens (including phenoxy) is 1. The van der Waals surface area contributed by atoms with Crippen molar-refractivity contribution in [3.63, 3.8) is 0 Å². The largest absolute Gasteiger partial charge is 0.497 e. The third kappa shape index (κ3) is 6.55. The number of hydrogen-bond acceptors (Lipinski definition) is 4. The highest BCUT2D eigenvalue weighted by Gasteiger charge is 2.14. The molecule has 0 aliphatic heterocycles. The molecule has 0 radical (unpaired) electrons. The second-order valence-corrected chi connectivity index (χ2v) is 9.03. The monoisotopic (exact) mass is 458 g/mol. The molecule has 31 heavy (non-hydrogen) atoms. The minimum Gasteiger partial charge on any atom is -0.497 e. The fraction of sp³-hybridized carbons (Fsp3) is 0.174. The fourth-order valence-electron chi connectivity index (χ4n) is 2.86. The number of halogens is 1. The van der Waals surface area contributed by atoms with E-state index in [4.69, 9.17) is 16.3 Å². The number of methoxy groups -OCH3 is 1. The maximum absolute atomic E-state index is 12.4. The van der Waals surface area contributed by atoms with Gasteiger partial charge >= 0.3 is 0 Å². The van der Waals surface area contributed by atoms with Gasteiger partial charge in [0.15, 0.2) is 0 Å². The zero-order valence-electron chi connectivity index (χ0n) is 17.0. The van der Waals surface area contributed by atoms with Crippen molar-refractivity contribution in [3.05, 3.63) is 94.5 Å². The Morgan fingerprint density at radius 1 is 0.903 bits per heavy atom. The predicted molar refractivity (Wildman–Crippen MR) is 121 cm³/mol. The predicted octanol–water partition coefficient (Wildman–Crippen LogP) is 3.80. The van der Waals surface area contributed by atoms with Gasteiger partial charge in [-0.05, 0) is 66.1 Å². The van der Waals surface area contributed by atoms with Crippen LogP contribution < -0.4 is 14.8 Å². The van der Waals surface area contributed by atoms with E-state index in [1.807, 2.05) is 24.3 Å². The van der Waals surface area contributed by atoms with Gasteiger partial charge in [-0.1, -0.05) is 35.9 Å². The Morgan fingerprint density at radius 3 is 2.13 bits per heavy atom. The lowest BCUT2D eigenvalue weighted by atomic mass is 10.1. The van der Waals surface area contributed by atoms with Crippen molar-refractivity contribution in [2.24, 2.45) is 0 Å². The molecule has 0 saturated heterocycles. The van der Waals surface area contributed by atoms with Gasteiger partial charge in [0.1, 0.15) is 5.75 Å². The van der Waals surface area contributed by atoms with Gasteiger partial charge in [0.2, 0.25) is 10.0 Å². The SMILES string of the molecule is COc1ccc(S(=O)(=O)NCc2ccc(C(=O)NCCc3ccc(Cl)cc3)cc2)cc1. The molecule has 2 N–H and O–H groups in total. The summed E-state index contributed by atoms with van der Waals surface area (Å²) >= 11 is 5.87. The summed E-state index contributed by atoms with van der Waals surface area (Å²) in [5, 5.41) is 3.55. The van der Waals surface area contributed by atoms with E-state index < -0.39 is 10.0 Å². The molecule has 3 aromatic rings. The molecular weight excluding hydrogens is 436 g/mol. The molecule has 0 aromatic heterocycles. The summed E-state index contributed by atoms with van der Waals surface area (Å²) in [6.45, 7) is 0.622. The Labute approximate surface area is 187 Å². The minimum atomic E-state index is -3.64. The van der Waals surface area contributed by atoms with Gasteiger partial charge < -0.3 is 10.1 Å². The Bertz CT molecular complexity index is 1110. The van der Waals surface area contributed by atoms with Crippen LogP contribution in [0.3, 0.4) is 0 Å². The standard InChI is InChI=1S/C23H23ClN2O4S/c1-30-21-10-12-22(13-11-21)31(28,29)26-16-18-2-6-19(7-3-18)23(27)25-15-14-17-4-8-20(24)9-5-17/h2-13,26H,14-16H2,1H3,(H,25,27). The first kappa shape index (κ1) is 22.8. The first-order valence-corrected chi connectivity index (χ1v) is 11.5. The van der Waals surface area contributed by atoms with Gasteiger partial charge in [-0.2, -0.15) is 0 Å². The molecule has 3 rings (SSSR count). The lowest BCUT2D eigenvalue weighted by Gasteiger charge is -2.09. The van der Waals surface area contributed by atoms with Gasteiger partial charge in [-0.3, -0.25) is 4.79 Å². The molecule has 3 aromatic carbocycles. The molecule has 0 bridgehead atoms. The number of carbonyl (C=O) groups is 1. The second-order valence-electron chi connectivity index (χ2n) is 6.83. The van der Waals surface area contributed by atoms with E-state index in [0.29, 0.717) is 29.3 Å². The molecule has 0 atom stereocenters. The van der Waals surface area contributed by atoms with Crippen LogP contribution in [0.15, 0.2) is 77.7 Å². The van der Waals surface area contributed by atoms with E-state index in [9.17, 15) is 13.2 Å². The Balaban J connectivity index is 1.50. The number of nitrogens with one attached hydrogen (secondary N) is 2. The molecule has 162 valence electrons. The summed E-state index contributed by atoms with van der Waals surface area (Å²) in [4.78, 5) is 12.5. The van der Waals surface area contributed by atoms with E-state index in [-0.39, 0.29) is 17.3 Å². The van der Waals surface area contributed by atoms with Crippen LogP contribution >= 0.6 is 11.6 Å². The zero-order valence-corrected chi connectivity index (χ0v) is 18.5. The van der Waals surface area contributed by atoms with Gasteiger partial charge in [0, 0.05) is 23.7 Å². The van der Waals surface area contributed by atoms with Crippen molar-refractivity contribution in [1.29, 1.82) is 0 Å². The smallest absolute Gasteiger partial charge is 0.251 e. The topological polar surface area (TPSA) is 84.5 Å². The van der Waals surface area contributed by atoms with Crippen molar-refractivity contribution in [2.75, 3.05) is 13.7 Å². The molecule has 0 unspecified atom stereocenters. The van der Waals surface area contributed by atoms with Crippen LogP contribution in [0.1, 0.15) is 21.5 Å². The highest BCUT2D eigenvalue weighted by molar-refractivity contribution is 7.89. The number of carbonyl (C=O) groups excluding carboxylic acids is 1. The quantitative estimate of drug-likeness (QED) is 0.510. The second kappa shape index (κ2) is 10.4. The Kier molecular flexibility index (Phi) is 7.68. The third-order valence-corrected chi connectivity index (χ3v) is 6.33. The minimum absolute atomic E-state index is 0.118. The average Bonchev–Trinajstić information content (AvgIpc) is 2.79. The van der Waals surface area contributed by atoms with Crippen LogP contribution in [0.4, 0.5) is 0 Å². The Morgan fingerprint density at radius 2 is 1.52 bits per heavy atom. The van der Waals surface area contributed by atoms with E-state index in [2.05, 4.69) is 10.0 Å². The molecule has 0 aliphatic rings. The molecular formula is C23H23ClN2O4S. The lowest BCUT2D eigenvalue weighted by molar-refractivity contribution is 0.0954. The molecule has 0 fully saturated rings. The van der Waals surface area contributed by atoms with Crippen LogP contribution in [-0.2, 0) is 23.0 Å². The first-order valence-electron chi connectivity index (χ1n) is 9.63. The summed E-state index contributed by atoms with van der Waals surface area (Å²) in [6, 6.07) is 20.5. The van der Waals surface area contributed by atoms with E-state index >= 15 is 0 Å². The van der Waals surface area contributed by atoms with E-state index in [0.717, 1.165) is 11.1 Å². The normalized spacial score (nSPS) is 11.2. The molecule has 6 nitrogen and oxygen atoms in total. The molecule has 0 spiro atoms.